The van der Waals surface area contributed by atoms with Crippen LogP contribution in [-0.2, 0) is 14.7 Å². The number of benzene rings is 5. The van der Waals surface area contributed by atoms with Gasteiger partial charge in [-0.3, -0.25) is 0 Å². The molecule has 1 aliphatic heterocycles. The Bertz CT molecular complexity index is 2150. The molecule has 1 saturated heterocycles. The van der Waals surface area contributed by atoms with Gasteiger partial charge in [-0.15, -0.1) is 0 Å². The minimum atomic E-state index is -0.548. The molecule has 0 N–H and O–H groups in total. The van der Waals surface area contributed by atoms with Gasteiger partial charge in [0.25, 0.3) is 0 Å². The fourth-order valence-corrected chi connectivity index (χ4v) is 7.64. The number of fused-ring (bicyclic) bond motifs is 13. The summed E-state index contributed by atoms with van der Waals surface area (Å²) in [6.45, 7) is 8.45. The lowest BCUT2D eigenvalue weighted by atomic mass is 9.64. The largest absolute Gasteiger partial charge is 0.494 e. The maximum Gasteiger partial charge on any atom is 0.494 e. The van der Waals surface area contributed by atoms with Gasteiger partial charge in [0.1, 0.15) is 11.2 Å². The second-order valence-electron chi connectivity index (χ2n) is 13.1. The van der Waals surface area contributed by atoms with Gasteiger partial charge >= 0.3 is 7.12 Å². The van der Waals surface area contributed by atoms with Crippen LogP contribution in [0.15, 0.2) is 108 Å². The molecule has 1 atom stereocenters. The average Bonchev–Trinajstić information content (AvgIpc) is 3.56. The van der Waals surface area contributed by atoms with Gasteiger partial charge in [-0.1, -0.05) is 103 Å². The quantitative estimate of drug-likeness (QED) is 0.189. The molecule has 9 rings (SSSR count). The van der Waals surface area contributed by atoms with Crippen molar-refractivity contribution in [1.29, 1.82) is 0 Å². The first-order chi connectivity index (χ1) is 20.8. The fraction of sp³-hybridized carbons (Fsp3) is 0.179. The standard InChI is InChI=1S/C39H31BO3/c1-37(2)38(3,4)43-40(42-37)26-20-19-25-18-17-24-11-5-8-14-29(24)39(32(25)23-26)30-15-9-6-12-27(30)35-31(39)21-22-34-36(35)28-13-7-10-16-33(28)41-34/h5-23H,1-4H3. The molecule has 0 radical (unpaired) electrons. The van der Waals surface area contributed by atoms with Crippen molar-refractivity contribution in [1.82, 2.24) is 0 Å². The first-order valence-electron chi connectivity index (χ1n) is 15.1. The monoisotopic (exact) mass is 558 g/mol. The van der Waals surface area contributed by atoms with Crippen molar-refractivity contribution in [2.75, 3.05) is 0 Å². The molecule has 3 nitrogen and oxygen atoms in total. The van der Waals surface area contributed by atoms with E-state index in [9.17, 15) is 0 Å². The molecule has 1 unspecified atom stereocenters. The van der Waals surface area contributed by atoms with Crippen LogP contribution in [0.1, 0.15) is 61.1 Å². The van der Waals surface area contributed by atoms with Gasteiger partial charge in [0.2, 0.25) is 0 Å². The first-order valence-corrected chi connectivity index (χ1v) is 15.1. The van der Waals surface area contributed by atoms with Crippen LogP contribution in [0.5, 0.6) is 0 Å². The summed E-state index contributed by atoms with van der Waals surface area (Å²) in [6, 6.07) is 37.4. The molecule has 1 aromatic heterocycles. The molecule has 3 aliphatic rings. The molecular weight excluding hydrogens is 527 g/mol. The zero-order valence-corrected chi connectivity index (χ0v) is 24.8. The molecule has 2 aliphatic carbocycles. The van der Waals surface area contributed by atoms with Gasteiger partial charge in [0, 0.05) is 10.8 Å². The maximum absolute atomic E-state index is 6.57. The normalized spacial score (nSPS) is 20.7. The van der Waals surface area contributed by atoms with Gasteiger partial charge in [-0.25, -0.2) is 0 Å². The van der Waals surface area contributed by atoms with E-state index < -0.39 is 23.7 Å². The van der Waals surface area contributed by atoms with E-state index >= 15 is 0 Å². The Labute approximate surface area is 251 Å². The Morgan fingerprint density at radius 2 is 1.23 bits per heavy atom. The predicted molar refractivity (Wildman–Crippen MR) is 176 cm³/mol. The highest BCUT2D eigenvalue weighted by molar-refractivity contribution is 6.62. The van der Waals surface area contributed by atoms with Gasteiger partial charge in [-0.05, 0) is 89.8 Å². The average molecular weight is 558 g/mol. The van der Waals surface area contributed by atoms with Crippen LogP contribution in [0.4, 0.5) is 0 Å². The minimum absolute atomic E-state index is 0.421. The van der Waals surface area contributed by atoms with Crippen LogP contribution >= 0.6 is 0 Å². The van der Waals surface area contributed by atoms with Gasteiger partial charge < -0.3 is 13.7 Å². The summed E-state index contributed by atoms with van der Waals surface area (Å²) >= 11 is 0. The fourth-order valence-electron chi connectivity index (χ4n) is 7.64. The zero-order chi connectivity index (χ0) is 29.1. The Balaban J connectivity index is 1.42. The summed E-state index contributed by atoms with van der Waals surface area (Å²) < 4.78 is 19.6. The van der Waals surface area contributed by atoms with E-state index in [1.165, 1.54) is 49.9 Å². The van der Waals surface area contributed by atoms with Crippen molar-refractivity contribution in [2.24, 2.45) is 0 Å². The molecule has 43 heavy (non-hydrogen) atoms. The van der Waals surface area contributed by atoms with Gasteiger partial charge in [0.05, 0.1) is 16.6 Å². The molecule has 4 heteroatoms. The third-order valence-corrected chi connectivity index (χ3v) is 10.4. The topological polar surface area (TPSA) is 31.6 Å². The Morgan fingerprint density at radius 3 is 2.05 bits per heavy atom. The van der Waals surface area contributed by atoms with Crippen molar-refractivity contribution < 1.29 is 13.7 Å². The molecule has 0 amide bonds. The second kappa shape index (κ2) is 8.38. The van der Waals surface area contributed by atoms with Crippen LogP contribution in [-0.4, -0.2) is 18.3 Å². The van der Waals surface area contributed by atoms with Crippen LogP contribution in [0.3, 0.4) is 0 Å². The number of hydrogen-bond donors (Lipinski definition) is 0. The van der Waals surface area contributed by atoms with Crippen molar-refractivity contribution in [2.45, 2.75) is 44.3 Å². The Kier molecular flexibility index (Phi) is 4.90. The maximum atomic E-state index is 6.57. The lowest BCUT2D eigenvalue weighted by Crippen LogP contribution is -2.41. The molecule has 5 aromatic carbocycles. The molecule has 0 bridgehead atoms. The van der Waals surface area contributed by atoms with E-state index in [4.69, 9.17) is 13.7 Å². The van der Waals surface area contributed by atoms with E-state index in [1.54, 1.807) is 0 Å². The molecule has 2 heterocycles. The summed E-state index contributed by atoms with van der Waals surface area (Å²) in [5, 5.41) is 2.32. The summed E-state index contributed by atoms with van der Waals surface area (Å²) in [5.74, 6) is 0. The smallest absolute Gasteiger partial charge is 0.456 e. The van der Waals surface area contributed by atoms with Crippen molar-refractivity contribution in [3.63, 3.8) is 0 Å². The zero-order valence-electron chi connectivity index (χ0n) is 24.8. The number of para-hydroxylation sites is 1. The number of hydrogen-bond acceptors (Lipinski definition) is 3. The third kappa shape index (κ3) is 3.18. The van der Waals surface area contributed by atoms with Gasteiger partial charge in [-0.2, -0.15) is 0 Å². The van der Waals surface area contributed by atoms with E-state index in [-0.39, 0.29) is 0 Å². The van der Waals surface area contributed by atoms with Gasteiger partial charge in [0.15, 0.2) is 0 Å². The minimum Gasteiger partial charge on any atom is -0.456 e. The van der Waals surface area contributed by atoms with Crippen LogP contribution in [0.25, 0.3) is 45.2 Å². The van der Waals surface area contributed by atoms with E-state index in [2.05, 4.69) is 137 Å². The number of rotatable bonds is 1. The van der Waals surface area contributed by atoms with Crippen LogP contribution in [0, 0.1) is 0 Å². The summed E-state index contributed by atoms with van der Waals surface area (Å²) in [7, 11) is -0.453. The predicted octanol–water partition coefficient (Wildman–Crippen LogP) is 8.73. The van der Waals surface area contributed by atoms with Crippen LogP contribution in [0.2, 0.25) is 0 Å². The Morgan fingerprint density at radius 1 is 0.558 bits per heavy atom. The highest BCUT2D eigenvalue weighted by Crippen LogP contribution is 2.60. The Hall–Kier alpha value is -4.38. The van der Waals surface area contributed by atoms with Crippen molar-refractivity contribution in [3.05, 3.63) is 137 Å². The lowest BCUT2D eigenvalue weighted by Gasteiger charge is -2.35. The molecule has 0 saturated carbocycles. The van der Waals surface area contributed by atoms with E-state index in [0.717, 1.165) is 22.0 Å². The summed E-state index contributed by atoms with van der Waals surface area (Å²) in [4.78, 5) is 0. The summed E-state index contributed by atoms with van der Waals surface area (Å²) in [5.41, 5.74) is 11.4. The third-order valence-electron chi connectivity index (χ3n) is 10.4. The SMILES string of the molecule is CC1(C)OB(c2ccc3c(c2)C2(c4ccccc4C=C3)c3ccccc3-c3c2ccc2oc4ccccc4c32)OC1(C)C. The summed E-state index contributed by atoms with van der Waals surface area (Å²) in [6.07, 6.45) is 4.53. The second-order valence-corrected chi connectivity index (χ2v) is 13.1. The number of furan rings is 1. The molecule has 208 valence electrons. The molecular formula is C39H31BO3. The lowest BCUT2D eigenvalue weighted by molar-refractivity contribution is 0.00578. The molecule has 6 aromatic rings. The van der Waals surface area contributed by atoms with E-state index in [1.807, 2.05) is 6.07 Å². The first kappa shape index (κ1) is 25.2. The van der Waals surface area contributed by atoms with Crippen molar-refractivity contribution >= 4 is 46.7 Å². The van der Waals surface area contributed by atoms with Crippen molar-refractivity contribution in [3.8, 4) is 11.1 Å². The highest BCUT2D eigenvalue weighted by atomic mass is 16.7. The molecule has 1 fully saturated rings. The highest BCUT2D eigenvalue weighted by Gasteiger charge is 2.53. The molecule has 1 spiro atoms. The van der Waals surface area contributed by atoms with E-state index in [0.29, 0.717) is 0 Å². The van der Waals surface area contributed by atoms with Crippen LogP contribution < -0.4 is 5.46 Å².